The summed E-state index contributed by atoms with van der Waals surface area (Å²) in [6, 6.07) is 15.0. The summed E-state index contributed by atoms with van der Waals surface area (Å²) in [5.41, 5.74) is 1.95. The quantitative estimate of drug-likeness (QED) is 0.320. The fourth-order valence-electron chi connectivity index (χ4n) is 5.39. The van der Waals surface area contributed by atoms with Crippen LogP contribution in [0.25, 0.3) is 0 Å². The van der Waals surface area contributed by atoms with Crippen molar-refractivity contribution in [3.8, 4) is 5.75 Å². The van der Waals surface area contributed by atoms with Crippen molar-refractivity contribution < 1.29 is 14.3 Å². The number of ether oxygens (including phenoxy) is 1. The van der Waals surface area contributed by atoms with Crippen LogP contribution in [0.4, 0.5) is 0 Å². The summed E-state index contributed by atoms with van der Waals surface area (Å²) in [5, 5.41) is 0.691. The van der Waals surface area contributed by atoms with Crippen molar-refractivity contribution in [3.63, 3.8) is 0 Å². The number of hydrogen-bond acceptors (Lipinski definition) is 3. The van der Waals surface area contributed by atoms with E-state index >= 15 is 0 Å². The van der Waals surface area contributed by atoms with Crippen LogP contribution < -0.4 is 4.74 Å². The maximum Gasteiger partial charge on any atom is 0.250 e. The monoisotopic (exact) mass is 510 g/mol. The number of rotatable bonds is 11. The molecule has 1 aliphatic heterocycles. The average molecular weight is 511 g/mol. The van der Waals surface area contributed by atoms with Crippen LogP contribution in [-0.4, -0.2) is 47.4 Å². The van der Waals surface area contributed by atoms with E-state index in [2.05, 4.69) is 6.92 Å². The molecule has 0 unspecified atom stereocenters. The second-order valence-corrected chi connectivity index (χ2v) is 10.5. The minimum absolute atomic E-state index is 0.0235. The Hall–Kier alpha value is -2.53. The highest BCUT2D eigenvalue weighted by atomic mass is 35.5. The maximum absolute atomic E-state index is 13.9. The van der Waals surface area contributed by atoms with E-state index in [9.17, 15) is 9.59 Å². The summed E-state index contributed by atoms with van der Waals surface area (Å²) in [6.45, 7) is 3.57. The number of piperazine rings is 1. The van der Waals surface area contributed by atoms with E-state index in [-0.39, 0.29) is 24.4 Å². The summed E-state index contributed by atoms with van der Waals surface area (Å²) < 4.78 is 5.91. The first-order valence-electron chi connectivity index (χ1n) is 13.6. The van der Waals surface area contributed by atoms with Crippen LogP contribution in [0.1, 0.15) is 81.9 Å². The first-order chi connectivity index (χ1) is 17.6. The fourth-order valence-corrected chi connectivity index (χ4v) is 5.52. The van der Waals surface area contributed by atoms with E-state index < -0.39 is 6.04 Å². The topological polar surface area (TPSA) is 49.9 Å². The van der Waals surface area contributed by atoms with E-state index in [0.717, 1.165) is 49.0 Å². The van der Waals surface area contributed by atoms with Gasteiger partial charge >= 0.3 is 0 Å². The molecule has 2 amide bonds. The molecule has 194 valence electrons. The molecular formula is C30H39ClN2O3. The Morgan fingerprint density at radius 1 is 0.917 bits per heavy atom. The first kappa shape index (κ1) is 26.5. The molecule has 0 radical (unpaired) electrons. The third-order valence-corrected chi connectivity index (χ3v) is 7.74. The Morgan fingerprint density at radius 3 is 2.33 bits per heavy atom. The predicted molar refractivity (Wildman–Crippen MR) is 144 cm³/mol. The van der Waals surface area contributed by atoms with Gasteiger partial charge in [0.2, 0.25) is 5.91 Å². The molecule has 1 atom stereocenters. The van der Waals surface area contributed by atoms with Gasteiger partial charge in [0.1, 0.15) is 18.3 Å². The first-order valence-corrected chi connectivity index (χ1v) is 14.0. The molecule has 1 heterocycles. The molecule has 1 saturated carbocycles. The van der Waals surface area contributed by atoms with E-state index in [1.165, 1.54) is 25.7 Å². The van der Waals surface area contributed by atoms with E-state index in [1.54, 1.807) is 4.90 Å². The molecule has 1 aliphatic carbocycles. The van der Waals surface area contributed by atoms with Crippen molar-refractivity contribution in [1.29, 1.82) is 0 Å². The number of carbonyl (C=O) groups excluding carboxylic acids is 2. The molecule has 0 bridgehead atoms. The number of unbranched alkanes of at least 4 members (excludes halogenated alkanes) is 3. The Morgan fingerprint density at radius 2 is 1.64 bits per heavy atom. The van der Waals surface area contributed by atoms with Crippen LogP contribution in [-0.2, 0) is 16.0 Å². The molecule has 36 heavy (non-hydrogen) atoms. The molecule has 1 saturated heterocycles. The third-order valence-electron chi connectivity index (χ3n) is 7.49. The van der Waals surface area contributed by atoms with Crippen molar-refractivity contribution in [1.82, 2.24) is 9.80 Å². The van der Waals surface area contributed by atoms with Crippen LogP contribution >= 0.6 is 11.6 Å². The molecule has 0 spiro atoms. The molecule has 2 fully saturated rings. The maximum atomic E-state index is 13.9. The van der Waals surface area contributed by atoms with Gasteiger partial charge in [-0.1, -0.05) is 81.3 Å². The van der Waals surface area contributed by atoms with Crippen LogP contribution in [0.15, 0.2) is 48.5 Å². The van der Waals surface area contributed by atoms with Gasteiger partial charge in [-0.15, -0.1) is 0 Å². The fraction of sp³-hybridized carbons (Fsp3) is 0.533. The van der Waals surface area contributed by atoms with E-state index in [1.807, 2.05) is 53.4 Å². The minimum atomic E-state index is -0.598. The standard InChI is InChI=1S/C30H39ClN2O3/c1-2-3-4-8-21-36-27-17-13-24(14-18-27)29-30(35)33(26-9-6-5-7-10-26)22-28(34)32(29)20-19-23-11-15-25(31)16-12-23/h11-18,26,29H,2-10,19-22H2,1H3/t29-/m1/s1. The third kappa shape index (κ3) is 6.82. The van der Waals surface area contributed by atoms with Crippen molar-refractivity contribution in [3.05, 3.63) is 64.7 Å². The van der Waals surface area contributed by atoms with E-state index in [0.29, 0.717) is 24.6 Å². The van der Waals surface area contributed by atoms with Gasteiger partial charge in [0.15, 0.2) is 0 Å². The Labute approximate surface area is 220 Å². The highest BCUT2D eigenvalue weighted by Crippen LogP contribution is 2.33. The van der Waals surface area contributed by atoms with Crippen molar-refractivity contribution in [2.45, 2.75) is 83.2 Å². The number of nitrogens with zero attached hydrogens (tertiary/aromatic N) is 2. The average Bonchev–Trinajstić information content (AvgIpc) is 2.90. The Kier molecular flexibility index (Phi) is 9.68. The van der Waals surface area contributed by atoms with Gasteiger partial charge in [-0.05, 0) is 61.1 Å². The van der Waals surface area contributed by atoms with Crippen LogP contribution in [0, 0.1) is 0 Å². The molecule has 2 aromatic rings. The molecule has 2 aromatic carbocycles. The molecule has 5 nitrogen and oxygen atoms in total. The molecule has 6 heteroatoms. The number of hydrogen-bond donors (Lipinski definition) is 0. The molecule has 0 aromatic heterocycles. The lowest BCUT2D eigenvalue weighted by Crippen LogP contribution is -2.58. The number of halogens is 1. The van der Waals surface area contributed by atoms with Crippen molar-refractivity contribution >= 4 is 23.4 Å². The number of benzene rings is 2. The Balaban J connectivity index is 1.50. The van der Waals surface area contributed by atoms with Gasteiger partial charge in [-0.3, -0.25) is 9.59 Å². The zero-order valence-corrected chi connectivity index (χ0v) is 22.2. The zero-order valence-electron chi connectivity index (χ0n) is 21.5. The molecule has 2 aliphatic rings. The van der Waals surface area contributed by atoms with E-state index in [4.69, 9.17) is 16.3 Å². The van der Waals surface area contributed by atoms with Crippen LogP contribution in [0.2, 0.25) is 5.02 Å². The van der Waals surface area contributed by atoms with Gasteiger partial charge in [0, 0.05) is 17.6 Å². The number of amides is 2. The molecular weight excluding hydrogens is 472 g/mol. The second-order valence-electron chi connectivity index (χ2n) is 10.1. The van der Waals surface area contributed by atoms with Crippen LogP contribution in [0.3, 0.4) is 0 Å². The summed E-state index contributed by atoms with van der Waals surface area (Å²) in [4.78, 5) is 30.9. The van der Waals surface area contributed by atoms with Gasteiger partial charge < -0.3 is 14.5 Å². The molecule has 4 rings (SSSR count). The van der Waals surface area contributed by atoms with Gasteiger partial charge in [-0.2, -0.15) is 0 Å². The lowest BCUT2D eigenvalue weighted by molar-refractivity contribution is -0.159. The second kappa shape index (κ2) is 13.1. The largest absolute Gasteiger partial charge is 0.494 e. The predicted octanol–water partition coefficient (Wildman–Crippen LogP) is 6.59. The van der Waals surface area contributed by atoms with Gasteiger partial charge in [0.25, 0.3) is 5.91 Å². The minimum Gasteiger partial charge on any atom is -0.494 e. The lowest BCUT2D eigenvalue weighted by Gasteiger charge is -2.44. The smallest absolute Gasteiger partial charge is 0.250 e. The van der Waals surface area contributed by atoms with Gasteiger partial charge in [0.05, 0.1) is 6.61 Å². The normalized spacial score (nSPS) is 19.1. The zero-order chi connectivity index (χ0) is 25.3. The Bertz CT molecular complexity index is 986. The highest BCUT2D eigenvalue weighted by molar-refractivity contribution is 6.30. The lowest BCUT2D eigenvalue weighted by atomic mass is 9.91. The summed E-state index contributed by atoms with van der Waals surface area (Å²) in [5.74, 6) is 0.878. The summed E-state index contributed by atoms with van der Waals surface area (Å²) in [7, 11) is 0. The van der Waals surface area contributed by atoms with Crippen molar-refractivity contribution in [2.75, 3.05) is 19.7 Å². The highest BCUT2D eigenvalue weighted by Gasteiger charge is 2.42. The SMILES string of the molecule is CCCCCCOc1ccc([C@@H]2C(=O)N(C3CCCCC3)CC(=O)N2CCc2ccc(Cl)cc2)cc1. The summed E-state index contributed by atoms with van der Waals surface area (Å²) >= 11 is 6.04. The summed E-state index contributed by atoms with van der Waals surface area (Å²) in [6.07, 6.45) is 10.8. The van der Waals surface area contributed by atoms with Crippen molar-refractivity contribution in [2.24, 2.45) is 0 Å². The molecule has 0 N–H and O–H groups in total. The van der Waals surface area contributed by atoms with Crippen LogP contribution in [0.5, 0.6) is 5.75 Å². The van der Waals surface area contributed by atoms with Gasteiger partial charge in [-0.25, -0.2) is 0 Å². The number of carbonyl (C=O) groups is 2.